The second kappa shape index (κ2) is 3.86. The third kappa shape index (κ3) is 1.76. The lowest BCUT2D eigenvalue weighted by atomic mass is 10.0. The van der Waals surface area contributed by atoms with Crippen LogP contribution in [0.15, 0.2) is 18.2 Å². The van der Waals surface area contributed by atoms with E-state index in [1.54, 1.807) is 0 Å². The minimum Gasteiger partial charge on any atom is -0.358 e. The van der Waals surface area contributed by atoms with Gasteiger partial charge in [-0.05, 0) is 31.4 Å². The Balaban J connectivity index is 1.73. The van der Waals surface area contributed by atoms with E-state index in [0.29, 0.717) is 11.8 Å². The largest absolute Gasteiger partial charge is 0.358 e. The first-order chi connectivity index (χ1) is 9.22. The fourth-order valence-electron chi connectivity index (χ4n) is 3.11. The molecule has 1 amide bonds. The van der Waals surface area contributed by atoms with E-state index in [4.69, 9.17) is 0 Å². The molecule has 0 bridgehead atoms. The maximum atomic E-state index is 12.2. The van der Waals surface area contributed by atoms with Crippen molar-refractivity contribution in [3.63, 3.8) is 0 Å². The van der Waals surface area contributed by atoms with E-state index < -0.39 is 0 Å². The van der Waals surface area contributed by atoms with Gasteiger partial charge in [0.25, 0.3) is 0 Å². The Morgan fingerprint density at radius 3 is 3.00 bits per heavy atom. The fourth-order valence-corrected chi connectivity index (χ4v) is 3.11. The standard InChI is InChI=1S/C16H18N2O/c1-10-2-5-12-13-9-18(16(19)11-3-4-11)7-6-14(13)17-15(12)8-10/h2,5,8,11,17H,3-4,6-7,9H2,1H3. The highest BCUT2D eigenvalue weighted by atomic mass is 16.2. The van der Waals surface area contributed by atoms with Crippen molar-refractivity contribution < 1.29 is 4.79 Å². The van der Waals surface area contributed by atoms with Crippen LogP contribution in [0.3, 0.4) is 0 Å². The summed E-state index contributed by atoms with van der Waals surface area (Å²) in [5.74, 6) is 0.695. The molecule has 0 saturated heterocycles. The van der Waals surface area contributed by atoms with Crippen molar-refractivity contribution in [2.24, 2.45) is 5.92 Å². The van der Waals surface area contributed by atoms with Gasteiger partial charge in [0, 0.05) is 47.6 Å². The Bertz CT molecular complexity index is 667. The highest BCUT2D eigenvalue weighted by molar-refractivity contribution is 5.87. The average molecular weight is 254 g/mol. The molecule has 1 N–H and O–H groups in total. The molecule has 1 aliphatic heterocycles. The van der Waals surface area contributed by atoms with Crippen LogP contribution < -0.4 is 0 Å². The first kappa shape index (κ1) is 11.1. The number of carbonyl (C=O) groups excluding carboxylic acids is 1. The molecule has 98 valence electrons. The van der Waals surface area contributed by atoms with Gasteiger partial charge in [-0.3, -0.25) is 4.79 Å². The van der Waals surface area contributed by atoms with Crippen molar-refractivity contribution >= 4 is 16.8 Å². The molecule has 3 heteroatoms. The summed E-state index contributed by atoms with van der Waals surface area (Å²) in [7, 11) is 0. The van der Waals surface area contributed by atoms with Crippen LogP contribution in [0.5, 0.6) is 0 Å². The number of nitrogens with one attached hydrogen (secondary N) is 1. The van der Waals surface area contributed by atoms with E-state index >= 15 is 0 Å². The van der Waals surface area contributed by atoms with Crippen LogP contribution in [0.2, 0.25) is 0 Å². The molecule has 1 aromatic carbocycles. The van der Waals surface area contributed by atoms with Crippen molar-refractivity contribution in [3.8, 4) is 0 Å². The normalized spacial score (nSPS) is 18.7. The van der Waals surface area contributed by atoms with E-state index in [0.717, 1.165) is 32.4 Å². The van der Waals surface area contributed by atoms with E-state index in [9.17, 15) is 4.79 Å². The van der Waals surface area contributed by atoms with E-state index in [2.05, 4.69) is 30.1 Å². The van der Waals surface area contributed by atoms with Crippen LogP contribution in [0.4, 0.5) is 0 Å². The van der Waals surface area contributed by atoms with Gasteiger partial charge in [0.15, 0.2) is 0 Å². The maximum absolute atomic E-state index is 12.2. The molecule has 0 unspecified atom stereocenters. The zero-order chi connectivity index (χ0) is 13.0. The Morgan fingerprint density at radius 1 is 1.37 bits per heavy atom. The lowest BCUT2D eigenvalue weighted by Gasteiger charge is -2.27. The molecular weight excluding hydrogens is 236 g/mol. The summed E-state index contributed by atoms with van der Waals surface area (Å²) >= 11 is 0. The fraction of sp³-hybridized carbons (Fsp3) is 0.438. The quantitative estimate of drug-likeness (QED) is 0.834. The van der Waals surface area contributed by atoms with Gasteiger partial charge in [-0.1, -0.05) is 12.1 Å². The SMILES string of the molecule is Cc1ccc2c3c([nH]c2c1)CCN(C(=O)C1CC1)C3. The number of aromatic amines is 1. The highest BCUT2D eigenvalue weighted by Crippen LogP contribution is 2.34. The first-order valence-corrected chi connectivity index (χ1v) is 7.11. The van der Waals surface area contributed by atoms with Crippen LogP contribution in [-0.2, 0) is 17.8 Å². The minimum absolute atomic E-state index is 0.328. The topological polar surface area (TPSA) is 36.1 Å². The van der Waals surface area contributed by atoms with Gasteiger partial charge >= 0.3 is 0 Å². The van der Waals surface area contributed by atoms with Crippen LogP contribution in [0.25, 0.3) is 10.9 Å². The van der Waals surface area contributed by atoms with Gasteiger partial charge in [0.2, 0.25) is 5.91 Å². The number of aromatic nitrogens is 1. The number of carbonyl (C=O) groups is 1. The smallest absolute Gasteiger partial charge is 0.225 e. The van der Waals surface area contributed by atoms with Crippen molar-refractivity contribution in [2.75, 3.05) is 6.54 Å². The predicted molar refractivity (Wildman–Crippen MR) is 74.9 cm³/mol. The summed E-state index contributed by atoms with van der Waals surface area (Å²) in [6.07, 6.45) is 3.14. The molecule has 0 atom stereocenters. The molecule has 1 fully saturated rings. The number of rotatable bonds is 1. The van der Waals surface area contributed by atoms with Gasteiger partial charge in [-0.2, -0.15) is 0 Å². The van der Waals surface area contributed by atoms with Gasteiger partial charge in [-0.25, -0.2) is 0 Å². The molecular formula is C16H18N2O. The zero-order valence-electron chi connectivity index (χ0n) is 11.2. The molecule has 2 aliphatic rings. The molecule has 19 heavy (non-hydrogen) atoms. The monoisotopic (exact) mass is 254 g/mol. The first-order valence-electron chi connectivity index (χ1n) is 7.11. The van der Waals surface area contributed by atoms with E-state index in [1.165, 1.54) is 27.7 Å². The summed E-state index contributed by atoms with van der Waals surface area (Å²) in [5.41, 5.74) is 5.14. The number of benzene rings is 1. The van der Waals surface area contributed by atoms with Crippen molar-refractivity contribution in [1.29, 1.82) is 0 Å². The molecule has 1 aliphatic carbocycles. The van der Waals surface area contributed by atoms with Crippen molar-refractivity contribution in [2.45, 2.75) is 32.7 Å². The van der Waals surface area contributed by atoms with Gasteiger partial charge < -0.3 is 9.88 Å². The van der Waals surface area contributed by atoms with Crippen molar-refractivity contribution in [3.05, 3.63) is 35.0 Å². The van der Waals surface area contributed by atoms with Gasteiger partial charge in [-0.15, -0.1) is 0 Å². The Labute approximate surface area is 112 Å². The van der Waals surface area contributed by atoms with Crippen LogP contribution in [0.1, 0.15) is 29.7 Å². The number of aryl methyl sites for hydroxylation is 1. The number of amides is 1. The molecule has 3 nitrogen and oxygen atoms in total. The molecule has 2 aromatic rings. The highest BCUT2D eigenvalue weighted by Gasteiger charge is 2.35. The minimum atomic E-state index is 0.328. The molecule has 4 rings (SSSR count). The summed E-state index contributed by atoms with van der Waals surface area (Å²) in [6, 6.07) is 6.53. The van der Waals surface area contributed by atoms with Gasteiger partial charge in [0.05, 0.1) is 0 Å². The van der Waals surface area contributed by atoms with Crippen LogP contribution in [0, 0.1) is 12.8 Å². The summed E-state index contributed by atoms with van der Waals surface area (Å²) in [4.78, 5) is 17.8. The predicted octanol–water partition coefficient (Wildman–Crippen LogP) is 2.77. The number of fused-ring (bicyclic) bond motifs is 3. The molecule has 1 aromatic heterocycles. The second-order valence-electron chi connectivity index (χ2n) is 5.92. The zero-order valence-corrected chi connectivity index (χ0v) is 11.2. The van der Waals surface area contributed by atoms with Crippen molar-refractivity contribution in [1.82, 2.24) is 9.88 Å². The molecule has 1 saturated carbocycles. The van der Waals surface area contributed by atoms with E-state index in [1.807, 2.05) is 4.90 Å². The maximum Gasteiger partial charge on any atom is 0.225 e. The lowest BCUT2D eigenvalue weighted by molar-refractivity contribution is -0.133. The number of H-pyrrole nitrogens is 1. The third-order valence-corrected chi connectivity index (χ3v) is 4.37. The second-order valence-corrected chi connectivity index (χ2v) is 5.92. The average Bonchev–Trinajstić information content (AvgIpc) is 3.18. The Morgan fingerprint density at radius 2 is 2.21 bits per heavy atom. The number of hydrogen-bond acceptors (Lipinski definition) is 1. The summed E-state index contributed by atoms with van der Waals surface area (Å²) in [5, 5.41) is 1.29. The van der Waals surface area contributed by atoms with E-state index in [-0.39, 0.29) is 0 Å². The van der Waals surface area contributed by atoms with Gasteiger partial charge in [0.1, 0.15) is 0 Å². The molecule has 0 spiro atoms. The summed E-state index contributed by atoms with van der Waals surface area (Å²) < 4.78 is 0. The van der Waals surface area contributed by atoms with Crippen LogP contribution in [-0.4, -0.2) is 22.3 Å². The molecule has 0 radical (unpaired) electrons. The summed E-state index contributed by atoms with van der Waals surface area (Å²) in [6.45, 7) is 3.77. The lowest BCUT2D eigenvalue weighted by Crippen LogP contribution is -2.36. The Hall–Kier alpha value is -1.77. The molecule has 2 heterocycles. The third-order valence-electron chi connectivity index (χ3n) is 4.37. The number of nitrogens with zero attached hydrogens (tertiary/aromatic N) is 1. The number of hydrogen-bond donors (Lipinski definition) is 1. The van der Waals surface area contributed by atoms with Crippen LogP contribution >= 0.6 is 0 Å². The Kier molecular flexibility index (Phi) is 2.25.